The number of rotatable bonds is 2. The van der Waals surface area contributed by atoms with Gasteiger partial charge >= 0.3 is 183 Å². The van der Waals surface area contributed by atoms with Gasteiger partial charge in [0, 0.05) is 0 Å². The number of hydrogen-bond acceptors (Lipinski definition) is 0. The number of halogens is 2. The van der Waals surface area contributed by atoms with Gasteiger partial charge in [-0.25, -0.2) is 0 Å². The molecule has 0 aromatic heterocycles. The normalized spacial score (nSPS) is 15.3. The maximum Gasteiger partial charge on any atom is -1.00 e. The van der Waals surface area contributed by atoms with E-state index in [1.54, 1.807) is 20.0 Å². The Balaban J connectivity index is 0.00000160. The Morgan fingerprint density at radius 1 is 0.767 bits per heavy atom. The Bertz CT molecular complexity index is 937. The van der Waals surface area contributed by atoms with Gasteiger partial charge in [-0.1, -0.05) is 0 Å². The molecule has 0 amide bonds. The van der Waals surface area contributed by atoms with Crippen LogP contribution >= 0.6 is 0 Å². The van der Waals surface area contributed by atoms with E-state index in [0.29, 0.717) is 3.63 Å². The van der Waals surface area contributed by atoms with Crippen molar-refractivity contribution in [3.63, 3.8) is 0 Å². The molecule has 0 fully saturated rings. The summed E-state index contributed by atoms with van der Waals surface area (Å²) in [4.78, 5) is 0. The van der Waals surface area contributed by atoms with Gasteiger partial charge < -0.3 is 24.8 Å². The second kappa shape index (κ2) is 9.09. The summed E-state index contributed by atoms with van der Waals surface area (Å²) in [7, 11) is 0. The smallest absolute Gasteiger partial charge is 1.00 e. The third kappa shape index (κ3) is 4.74. The summed E-state index contributed by atoms with van der Waals surface area (Å²) in [6.07, 6.45) is 5.89. The Kier molecular flexibility index (Phi) is 7.77. The Labute approximate surface area is 207 Å². The summed E-state index contributed by atoms with van der Waals surface area (Å²) >= 11 is -0.748. The third-order valence-electron chi connectivity index (χ3n) is 6.23. The van der Waals surface area contributed by atoms with E-state index in [4.69, 9.17) is 0 Å². The number of fused-ring (bicyclic) bond motifs is 3. The number of allylic oxidation sites excluding steroid dienone is 4. The molecule has 0 saturated heterocycles. The molecule has 0 radical (unpaired) electrons. The zero-order valence-corrected chi connectivity index (χ0v) is 23.1. The van der Waals surface area contributed by atoms with Gasteiger partial charge in [-0.2, -0.15) is 0 Å². The molecule has 0 saturated carbocycles. The molecule has 30 heavy (non-hydrogen) atoms. The van der Waals surface area contributed by atoms with Gasteiger partial charge in [-0.15, -0.1) is 0 Å². The molecule has 0 heterocycles. The third-order valence-corrected chi connectivity index (χ3v) is 10.8. The molecule has 2 aliphatic rings. The van der Waals surface area contributed by atoms with Crippen molar-refractivity contribution in [2.24, 2.45) is 0 Å². The average Bonchev–Trinajstić information content (AvgIpc) is 3.15. The van der Waals surface area contributed by atoms with Crippen LogP contribution in [0.4, 0.5) is 0 Å². The van der Waals surface area contributed by atoms with Crippen molar-refractivity contribution in [2.75, 3.05) is 0 Å². The molecule has 0 aliphatic heterocycles. The molecular weight excluding hydrogens is 486 g/mol. The SMILES string of the molecule is CC1=[C]([Zr+2][CH]2c3cc(C(C)(C)C)ccc3-c3ccc(C(C)(C)C)cc32)CC=C1.[Cl-].[Cl-]. The molecule has 0 atom stereocenters. The molecule has 0 nitrogen and oxygen atoms in total. The molecule has 0 bridgehead atoms. The van der Waals surface area contributed by atoms with Crippen molar-refractivity contribution in [3.05, 3.63) is 79.7 Å². The number of hydrogen-bond donors (Lipinski definition) is 0. The Morgan fingerprint density at radius 3 is 1.60 bits per heavy atom. The fourth-order valence-corrected chi connectivity index (χ4v) is 8.45. The zero-order valence-electron chi connectivity index (χ0n) is 19.2. The van der Waals surface area contributed by atoms with Gasteiger partial charge in [-0.3, -0.25) is 0 Å². The molecule has 158 valence electrons. The molecule has 0 spiro atoms. The van der Waals surface area contributed by atoms with Crippen molar-refractivity contribution < 1.29 is 48.0 Å². The van der Waals surface area contributed by atoms with Crippen LogP contribution < -0.4 is 24.8 Å². The molecule has 2 aromatic rings. The first-order chi connectivity index (χ1) is 13.1. The van der Waals surface area contributed by atoms with Crippen LogP contribution in [0.3, 0.4) is 0 Å². The summed E-state index contributed by atoms with van der Waals surface area (Å²) in [6, 6.07) is 14.6. The van der Waals surface area contributed by atoms with Gasteiger partial charge in [0.25, 0.3) is 0 Å². The van der Waals surface area contributed by atoms with E-state index in [-0.39, 0.29) is 35.6 Å². The minimum atomic E-state index is -0.748. The summed E-state index contributed by atoms with van der Waals surface area (Å²) in [5, 5.41) is 0. The molecule has 3 heteroatoms. The predicted octanol–water partition coefficient (Wildman–Crippen LogP) is 1.68. The van der Waals surface area contributed by atoms with Crippen molar-refractivity contribution >= 4 is 0 Å². The summed E-state index contributed by atoms with van der Waals surface area (Å²) in [6.45, 7) is 16.3. The zero-order chi connectivity index (χ0) is 20.3. The first-order valence-corrected chi connectivity index (χ1v) is 13.1. The monoisotopic (exact) mass is 516 g/mol. The van der Waals surface area contributed by atoms with Gasteiger partial charge in [0.2, 0.25) is 0 Å². The van der Waals surface area contributed by atoms with E-state index in [9.17, 15) is 0 Å². The van der Waals surface area contributed by atoms with Crippen molar-refractivity contribution in [1.82, 2.24) is 0 Å². The topological polar surface area (TPSA) is 0 Å². The first-order valence-electron chi connectivity index (χ1n) is 10.5. The van der Waals surface area contributed by atoms with Crippen molar-refractivity contribution in [3.8, 4) is 11.1 Å². The fourth-order valence-electron chi connectivity index (χ4n) is 4.31. The van der Waals surface area contributed by atoms with Crippen LogP contribution in [-0.4, -0.2) is 0 Å². The van der Waals surface area contributed by atoms with E-state index in [1.807, 2.05) is 0 Å². The van der Waals surface area contributed by atoms with Gasteiger partial charge in [-0.05, 0) is 0 Å². The van der Waals surface area contributed by atoms with E-state index in [1.165, 1.54) is 28.7 Å². The predicted molar refractivity (Wildman–Crippen MR) is 118 cm³/mol. The summed E-state index contributed by atoms with van der Waals surface area (Å²) in [5.74, 6) is 0. The summed E-state index contributed by atoms with van der Waals surface area (Å²) < 4.78 is 2.41. The van der Waals surface area contributed by atoms with Gasteiger partial charge in [0.15, 0.2) is 0 Å². The average molecular weight is 519 g/mol. The first kappa shape index (κ1) is 25.6. The van der Waals surface area contributed by atoms with Crippen LogP contribution in [0.5, 0.6) is 0 Å². The van der Waals surface area contributed by atoms with Crippen LogP contribution in [0.25, 0.3) is 11.1 Å². The standard InChI is InChI=1S/C21H25.C6H7.2ClH.Zr/c1-20(2,3)16-7-9-18-14(12-16)11-15-13-17(21(4,5)6)8-10-19(15)18;1-6-4-2-3-5-6;;;/h7-13H,1-6H3;2,4H,3H2,1H3;2*1H;/q;;;;+2/p-2. The maximum atomic E-state index is 2.54. The van der Waals surface area contributed by atoms with Crippen LogP contribution in [0.1, 0.15) is 80.8 Å². The van der Waals surface area contributed by atoms with Crippen LogP contribution in [0.2, 0.25) is 0 Å². The number of benzene rings is 2. The van der Waals surface area contributed by atoms with E-state index >= 15 is 0 Å². The molecule has 2 aliphatic carbocycles. The molecule has 0 unspecified atom stereocenters. The van der Waals surface area contributed by atoms with E-state index < -0.39 is 23.2 Å². The fraction of sp³-hybridized carbons (Fsp3) is 0.407. The molecule has 2 aromatic carbocycles. The van der Waals surface area contributed by atoms with Crippen molar-refractivity contribution in [1.29, 1.82) is 0 Å². The summed E-state index contributed by atoms with van der Waals surface area (Å²) in [5.41, 5.74) is 11.0. The van der Waals surface area contributed by atoms with Crippen LogP contribution in [-0.2, 0) is 34.1 Å². The molecular formula is C27H32Cl2Zr. The molecule has 4 rings (SSSR count). The Hall–Kier alpha value is -0.617. The van der Waals surface area contributed by atoms with E-state index in [2.05, 4.69) is 97.0 Å². The van der Waals surface area contributed by atoms with Gasteiger partial charge in [0.05, 0.1) is 0 Å². The van der Waals surface area contributed by atoms with Crippen molar-refractivity contribution in [2.45, 2.75) is 69.3 Å². The molecule has 0 N–H and O–H groups in total. The largest absolute Gasteiger partial charge is 1.00 e. The van der Waals surface area contributed by atoms with E-state index in [0.717, 1.165) is 0 Å². The van der Waals surface area contributed by atoms with Crippen LogP contribution in [0, 0.1) is 0 Å². The Morgan fingerprint density at radius 2 is 1.23 bits per heavy atom. The quantitative estimate of drug-likeness (QED) is 0.568. The second-order valence-corrected chi connectivity index (χ2v) is 14.1. The van der Waals surface area contributed by atoms with Gasteiger partial charge in [0.1, 0.15) is 0 Å². The minimum absolute atomic E-state index is 0. The minimum Gasteiger partial charge on any atom is -1.00 e. The second-order valence-electron chi connectivity index (χ2n) is 10.4. The van der Waals surface area contributed by atoms with Crippen LogP contribution in [0.15, 0.2) is 57.4 Å². The maximum absolute atomic E-state index is 2.54.